The fourth-order valence-corrected chi connectivity index (χ4v) is 1.58. The van der Waals surface area contributed by atoms with Gasteiger partial charge in [0.15, 0.2) is 5.84 Å². The minimum absolute atomic E-state index is 0.0182. The molecule has 14 heavy (non-hydrogen) atoms. The molecule has 2 heterocycles. The van der Waals surface area contributed by atoms with Crippen molar-refractivity contribution in [2.24, 2.45) is 25.4 Å². The first kappa shape index (κ1) is 9.24. The molecule has 2 rings (SSSR count). The Hall–Kier alpha value is -1.32. The maximum Gasteiger partial charge on any atom is 0.162 e. The number of aliphatic imine (C=N–C) groups is 4. The molecule has 0 aliphatic carbocycles. The smallest absolute Gasteiger partial charge is 0.162 e. The van der Waals surface area contributed by atoms with Crippen LogP contribution in [-0.4, -0.2) is 29.8 Å². The van der Waals surface area contributed by atoms with Crippen LogP contribution in [0, 0.1) is 5.41 Å². The van der Waals surface area contributed by atoms with E-state index < -0.39 is 0 Å². The Kier molecular flexibility index (Phi) is 1.87. The van der Waals surface area contributed by atoms with Gasteiger partial charge in [-0.3, -0.25) is 4.99 Å². The molecule has 0 fully saturated rings. The van der Waals surface area contributed by atoms with Gasteiger partial charge in [-0.25, -0.2) is 15.0 Å². The Bertz CT molecular complexity index is 379. The summed E-state index contributed by atoms with van der Waals surface area (Å²) >= 11 is 0. The van der Waals surface area contributed by atoms with Crippen LogP contribution in [0.1, 0.15) is 27.7 Å². The molecule has 0 saturated heterocycles. The minimum Gasteiger partial charge on any atom is -0.256 e. The average molecular weight is 190 g/mol. The lowest BCUT2D eigenvalue weighted by Crippen LogP contribution is -2.38. The lowest BCUT2D eigenvalue weighted by molar-refractivity contribution is 0.577. The third kappa shape index (κ3) is 1.41. The van der Waals surface area contributed by atoms with Gasteiger partial charge in [0, 0.05) is 5.41 Å². The van der Waals surface area contributed by atoms with Gasteiger partial charge in [0.2, 0.25) is 0 Å². The molecule has 0 radical (unpaired) electrons. The van der Waals surface area contributed by atoms with E-state index in [1.165, 1.54) is 0 Å². The highest BCUT2D eigenvalue weighted by Crippen LogP contribution is 2.25. The predicted molar refractivity (Wildman–Crippen MR) is 59.7 cm³/mol. The van der Waals surface area contributed by atoms with Crippen molar-refractivity contribution in [2.45, 2.75) is 33.7 Å². The van der Waals surface area contributed by atoms with Crippen LogP contribution in [0.15, 0.2) is 20.0 Å². The van der Waals surface area contributed by atoms with Gasteiger partial charge >= 0.3 is 0 Å². The van der Waals surface area contributed by atoms with Crippen LogP contribution in [0.2, 0.25) is 0 Å². The topological polar surface area (TPSA) is 49.4 Å². The third-order valence-electron chi connectivity index (χ3n) is 2.24. The molecule has 0 N–H and O–H groups in total. The fourth-order valence-electron chi connectivity index (χ4n) is 1.58. The zero-order valence-corrected chi connectivity index (χ0v) is 8.94. The van der Waals surface area contributed by atoms with Gasteiger partial charge in [0.05, 0.1) is 5.71 Å². The first-order valence-electron chi connectivity index (χ1n) is 4.72. The Morgan fingerprint density at radius 1 is 1.21 bits per heavy atom. The number of hydrogen-bond acceptors (Lipinski definition) is 4. The summed E-state index contributed by atoms with van der Waals surface area (Å²) in [5.74, 6) is 1.55. The van der Waals surface area contributed by atoms with Gasteiger partial charge in [0.1, 0.15) is 18.2 Å². The van der Waals surface area contributed by atoms with Crippen LogP contribution in [-0.2, 0) is 0 Å². The van der Waals surface area contributed by atoms with E-state index in [4.69, 9.17) is 0 Å². The number of amidine groups is 2. The van der Waals surface area contributed by atoms with Crippen molar-refractivity contribution in [1.82, 2.24) is 0 Å². The number of rotatable bonds is 0. The Morgan fingerprint density at radius 2 is 1.93 bits per heavy atom. The second-order valence-electron chi connectivity index (χ2n) is 4.56. The van der Waals surface area contributed by atoms with Gasteiger partial charge in [-0.15, -0.1) is 0 Å². The highest BCUT2D eigenvalue weighted by molar-refractivity contribution is 6.24. The minimum atomic E-state index is -0.0429. The fraction of sp³-hybridized carbons (Fsp3) is 0.600. The van der Waals surface area contributed by atoms with Gasteiger partial charge in [-0.1, -0.05) is 20.8 Å². The normalized spacial score (nSPS) is 25.4. The molecule has 0 saturated carbocycles. The lowest BCUT2D eigenvalue weighted by Gasteiger charge is -2.27. The van der Waals surface area contributed by atoms with Crippen molar-refractivity contribution < 1.29 is 0 Å². The summed E-state index contributed by atoms with van der Waals surface area (Å²) < 4.78 is 0. The Balaban J connectivity index is 2.46. The van der Waals surface area contributed by atoms with Crippen LogP contribution in [0.4, 0.5) is 0 Å². The molecule has 4 heteroatoms. The Morgan fingerprint density at radius 3 is 2.57 bits per heavy atom. The maximum absolute atomic E-state index is 4.47. The maximum atomic E-state index is 4.47. The van der Waals surface area contributed by atoms with Crippen LogP contribution < -0.4 is 0 Å². The number of fused-ring (bicyclic) bond motifs is 1. The highest BCUT2D eigenvalue weighted by Gasteiger charge is 2.34. The van der Waals surface area contributed by atoms with E-state index in [9.17, 15) is 0 Å². The summed E-state index contributed by atoms with van der Waals surface area (Å²) in [5, 5.41) is 0. The van der Waals surface area contributed by atoms with Gasteiger partial charge < -0.3 is 0 Å². The zero-order chi connectivity index (χ0) is 10.3. The zero-order valence-electron chi connectivity index (χ0n) is 8.94. The molecule has 74 valence electrons. The molecular formula is C10H14N4. The molecule has 4 nitrogen and oxygen atoms in total. The second-order valence-corrected chi connectivity index (χ2v) is 4.56. The van der Waals surface area contributed by atoms with E-state index in [-0.39, 0.29) is 11.5 Å². The highest BCUT2D eigenvalue weighted by atomic mass is 15.1. The molecule has 0 spiro atoms. The molecule has 0 bridgehead atoms. The number of nitrogens with zero attached hydrogens (tertiary/aromatic N) is 4. The summed E-state index contributed by atoms with van der Waals surface area (Å²) in [6, 6.07) is -0.0429. The largest absolute Gasteiger partial charge is 0.256 e. The summed E-state index contributed by atoms with van der Waals surface area (Å²) in [4.78, 5) is 17.1. The predicted octanol–water partition coefficient (Wildman–Crippen LogP) is 1.71. The van der Waals surface area contributed by atoms with Crippen LogP contribution in [0.5, 0.6) is 0 Å². The van der Waals surface area contributed by atoms with Crippen molar-refractivity contribution in [3.63, 3.8) is 0 Å². The first-order chi connectivity index (χ1) is 6.48. The van der Waals surface area contributed by atoms with Gasteiger partial charge in [0.25, 0.3) is 0 Å². The van der Waals surface area contributed by atoms with Crippen molar-refractivity contribution in [2.75, 3.05) is 0 Å². The molecule has 0 aromatic carbocycles. The average Bonchev–Trinajstić information content (AvgIpc) is 2.47. The molecule has 1 unspecified atom stereocenters. The van der Waals surface area contributed by atoms with E-state index in [0.717, 1.165) is 17.4 Å². The summed E-state index contributed by atoms with van der Waals surface area (Å²) in [6.07, 6.45) is 1.57. The van der Waals surface area contributed by atoms with E-state index >= 15 is 0 Å². The van der Waals surface area contributed by atoms with Crippen molar-refractivity contribution in [3.8, 4) is 0 Å². The van der Waals surface area contributed by atoms with E-state index in [0.29, 0.717) is 0 Å². The molecule has 2 aliphatic rings. The van der Waals surface area contributed by atoms with Crippen molar-refractivity contribution in [3.05, 3.63) is 0 Å². The van der Waals surface area contributed by atoms with E-state index in [1.807, 2.05) is 6.92 Å². The quantitative estimate of drug-likeness (QED) is 0.558. The number of hydrogen-bond donors (Lipinski definition) is 0. The van der Waals surface area contributed by atoms with E-state index in [1.54, 1.807) is 6.34 Å². The molecular weight excluding hydrogens is 176 g/mol. The molecule has 0 aromatic heterocycles. The molecule has 1 atom stereocenters. The molecule has 0 amide bonds. The second kappa shape index (κ2) is 2.83. The molecule has 0 aromatic rings. The standard InChI is InChI=1S/C10H14N4/c1-6-13-8(10(2,3)4)7-9(14-6)12-5-11-7/h5,7H,1-4H3. The van der Waals surface area contributed by atoms with Crippen molar-refractivity contribution >= 4 is 23.7 Å². The monoisotopic (exact) mass is 190 g/mol. The van der Waals surface area contributed by atoms with Crippen molar-refractivity contribution in [1.29, 1.82) is 0 Å². The van der Waals surface area contributed by atoms with Crippen LogP contribution in [0.25, 0.3) is 0 Å². The Labute approximate surface area is 83.6 Å². The van der Waals surface area contributed by atoms with E-state index in [2.05, 4.69) is 40.7 Å². The van der Waals surface area contributed by atoms with Gasteiger partial charge in [-0.05, 0) is 6.92 Å². The van der Waals surface area contributed by atoms with Crippen LogP contribution in [0.3, 0.4) is 0 Å². The van der Waals surface area contributed by atoms with Gasteiger partial charge in [-0.2, -0.15) is 0 Å². The summed E-state index contributed by atoms with van der Waals surface area (Å²) in [5.41, 5.74) is 1.07. The third-order valence-corrected chi connectivity index (χ3v) is 2.24. The summed E-state index contributed by atoms with van der Waals surface area (Å²) in [6.45, 7) is 8.30. The SMILES string of the molecule is CC1=NC2=NC=NC2C(C(C)(C)C)=N1. The lowest BCUT2D eigenvalue weighted by atomic mass is 9.84. The van der Waals surface area contributed by atoms with Crippen LogP contribution >= 0.6 is 0 Å². The first-order valence-corrected chi connectivity index (χ1v) is 4.72. The molecule has 2 aliphatic heterocycles. The summed E-state index contributed by atoms with van der Waals surface area (Å²) in [7, 11) is 0.